The Kier molecular flexibility index (Phi) is 5.64. The van der Waals surface area contributed by atoms with Gasteiger partial charge < -0.3 is 0 Å². The van der Waals surface area contributed by atoms with Crippen molar-refractivity contribution in [3.63, 3.8) is 0 Å². The van der Waals surface area contributed by atoms with Crippen molar-refractivity contribution in [3.8, 4) is 0 Å². The second-order valence-electron chi connectivity index (χ2n) is 6.17. The van der Waals surface area contributed by atoms with E-state index in [4.69, 9.17) is 23.2 Å². The number of hydrogen-bond donors (Lipinski definition) is 0. The molecule has 0 aromatic heterocycles. The lowest BCUT2D eigenvalue weighted by molar-refractivity contribution is 0.358. The van der Waals surface area contributed by atoms with Crippen LogP contribution in [0.15, 0.2) is 12.2 Å². The third kappa shape index (κ3) is 3.16. The van der Waals surface area contributed by atoms with Gasteiger partial charge in [-0.15, -0.1) is 0 Å². The zero-order valence-electron chi connectivity index (χ0n) is 13.5. The molecule has 0 N–H and O–H groups in total. The minimum Gasteiger partial charge on any atom is -0.205 e. The van der Waals surface area contributed by atoms with Crippen LogP contribution in [0.3, 0.4) is 0 Å². The normalized spacial score (nSPS) is 19.4. The fourth-order valence-electron chi connectivity index (χ4n) is 3.27. The van der Waals surface area contributed by atoms with E-state index >= 15 is 0 Å². The molecule has 0 heterocycles. The second-order valence-corrected chi connectivity index (χ2v) is 6.93. The summed E-state index contributed by atoms with van der Waals surface area (Å²) in [6.45, 7) is 0. The fourth-order valence-corrected chi connectivity index (χ4v) is 3.71. The van der Waals surface area contributed by atoms with Crippen LogP contribution in [0, 0.1) is 46.5 Å². The van der Waals surface area contributed by atoms with Gasteiger partial charge in [0.25, 0.3) is 0 Å². The van der Waals surface area contributed by atoms with Gasteiger partial charge in [0.1, 0.15) is 10.0 Å². The quantitative estimate of drug-likeness (QED) is 0.196. The predicted octanol–water partition coefficient (Wildman–Crippen LogP) is 7.32. The Labute approximate surface area is 163 Å². The van der Waals surface area contributed by atoms with E-state index < -0.39 is 86.0 Å². The van der Waals surface area contributed by atoms with Crippen LogP contribution in [-0.2, 0) is 0 Å². The molecule has 3 rings (SSSR count). The van der Waals surface area contributed by atoms with Crippen molar-refractivity contribution in [1.82, 2.24) is 0 Å². The SMILES string of the molecule is Fc1c(F)c(F)c([C@H]2CC=C[C@@H](c3c(F)c(Cl)c(F)c(Cl)c3F)C2)c(F)c1F. The molecule has 0 aliphatic heterocycles. The first-order chi connectivity index (χ1) is 13.1. The lowest BCUT2D eigenvalue weighted by Gasteiger charge is -2.27. The van der Waals surface area contributed by atoms with Crippen LogP contribution in [0.5, 0.6) is 0 Å². The third-order valence-corrected chi connectivity index (χ3v) is 5.26. The Morgan fingerprint density at radius 1 is 0.607 bits per heavy atom. The van der Waals surface area contributed by atoms with Gasteiger partial charge in [0.2, 0.25) is 5.82 Å². The topological polar surface area (TPSA) is 0 Å². The molecule has 2 aromatic rings. The average molecular weight is 447 g/mol. The van der Waals surface area contributed by atoms with Crippen LogP contribution < -0.4 is 0 Å². The molecule has 0 saturated carbocycles. The summed E-state index contributed by atoms with van der Waals surface area (Å²) in [7, 11) is 0. The predicted molar refractivity (Wildman–Crippen MR) is 86.4 cm³/mol. The molecule has 0 amide bonds. The molecule has 10 heteroatoms. The molecule has 0 bridgehead atoms. The maximum Gasteiger partial charge on any atom is 0.200 e. The molecule has 28 heavy (non-hydrogen) atoms. The minimum absolute atomic E-state index is 0.152. The van der Waals surface area contributed by atoms with E-state index in [2.05, 4.69) is 0 Å². The molecular weight excluding hydrogens is 439 g/mol. The van der Waals surface area contributed by atoms with Crippen molar-refractivity contribution >= 4 is 23.2 Å². The molecule has 2 aromatic carbocycles. The molecule has 1 aliphatic rings. The molecule has 0 fully saturated rings. The van der Waals surface area contributed by atoms with Gasteiger partial charge in [0.05, 0.1) is 0 Å². The number of rotatable bonds is 2. The number of allylic oxidation sites excluding steroid dienone is 2. The van der Waals surface area contributed by atoms with Gasteiger partial charge >= 0.3 is 0 Å². The summed E-state index contributed by atoms with van der Waals surface area (Å²) in [5.41, 5.74) is -1.85. The fraction of sp³-hybridized carbons (Fsp3) is 0.222. The Hall–Kier alpha value is -1.80. The summed E-state index contributed by atoms with van der Waals surface area (Å²) >= 11 is 10.9. The van der Waals surface area contributed by atoms with Crippen molar-refractivity contribution in [3.05, 3.63) is 79.9 Å². The van der Waals surface area contributed by atoms with E-state index in [0.29, 0.717) is 0 Å². The van der Waals surface area contributed by atoms with E-state index in [9.17, 15) is 35.1 Å². The molecule has 0 unspecified atom stereocenters. The first kappa shape index (κ1) is 20.9. The highest BCUT2D eigenvalue weighted by molar-refractivity contribution is 6.35. The third-order valence-electron chi connectivity index (χ3n) is 4.59. The van der Waals surface area contributed by atoms with Crippen LogP contribution in [-0.4, -0.2) is 0 Å². The number of benzene rings is 2. The number of hydrogen-bond acceptors (Lipinski definition) is 0. The van der Waals surface area contributed by atoms with Gasteiger partial charge in [-0.3, -0.25) is 0 Å². The van der Waals surface area contributed by atoms with Crippen molar-refractivity contribution < 1.29 is 35.1 Å². The standard InChI is InChI=1S/C18H8Cl2F8/c19-9-11(21)7(12(22)10(20)15(9)25)5-2-1-3-6(4-5)8-13(23)16(26)18(28)17(27)14(8)24/h1-2,5-6H,3-4H2/t5-,6+/m1/s1. The molecule has 2 atom stereocenters. The van der Waals surface area contributed by atoms with Gasteiger partial charge in [0.15, 0.2) is 40.7 Å². The van der Waals surface area contributed by atoms with Crippen molar-refractivity contribution in [1.29, 1.82) is 0 Å². The molecule has 150 valence electrons. The summed E-state index contributed by atoms with van der Waals surface area (Å²) in [6, 6.07) is 0. The maximum absolute atomic E-state index is 14.3. The highest BCUT2D eigenvalue weighted by Gasteiger charge is 2.35. The monoisotopic (exact) mass is 446 g/mol. The highest BCUT2D eigenvalue weighted by atomic mass is 35.5. The Bertz CT molecular complexity index is 944. The summed E-state index contributed by atoms with van der Waals surface area (Å²) in [4.78, 5) is 0. The van der Waals surface area contributed by atoms with Crippen molar-refractivity contribution in [2.24, 2.45) is 0 Å². The van der Waals surface area contributed by atoms with Crippen LogP contribution in [0.25, 0.3) is 0 Å². The summed E-state index contributed by atoms with van der Waals surface area (Å²) in [5, 5.41) is -2.15. The maximum atomic E-state index is 14.3. The van der Waals surface area contributed by atoms with Crippen LogP contribution in [0.4, 0.5) is 35.1 Å². The van der Waals surface area contributed by atoms with E-state index in [1.54, 1.807) is 0 Å². The Morgan fingerprint density at radius 2 is 1.07 bits per heavy atom. The first-order valence-corrected chi connectivity index (χ1v) is 8.52. The lowest BCUT2D eigenvalue weighted by atomic mass is 9.78. The van der Waals surface area contributed by atoms with E-state index in [-0.39, 0.29) is 6.42 Å². The molecule has 0 radical (unpaired) electrons. The Balaban J connectivity index is 2.09. The van der Waals surface area contributed by atoms with Crippen LogP contribution >= 0.6 is 23.2 Å². The summed E-state index contributed by atoms with van der Waals surface area (Å²) in [6.07, 6.45) is 1.94. The first-order valence-electron chi connectivity index (χ1n) is 7.77. The zero-order valence-corrected chi connectivity index (χ0v) is 15.0. The van der Waals surface area contributed by atoms with E-state index in [1.807, 2.05) is 0 Å². The lowest BCUT2D eigenvalue weighted by Crippen LogP contribution is -2.17. The molecule has 0 spiro atoms. The highest BCUT2D eigenvalue weighted by Crippen LogP contribution is 2.44. The molecule has 0 nitrogen and oxygen atoms in total. The van der Waals surface area contributed by atoms with Gasteiger partial charge in [-0.05, 0) is 18.8 Å². The van der Waals surface area contributed by atoms with Crippen molar-refractivity contribution in [2.75, 3.05) is 0 Å². The number of halogens is 10. The average Bonchev–Trinajstić information content (AvgIpc) is 2.68. The van der Waals surface area contributed by atoms with Crippen LogP contribution in [0.2, 0.25) is 10.0 Å². The van der Waals surface area contributed by atoms with Crippen LogP contribution in [0.1, 0.15) is 35.8 Å². The zero-order chi connectivity index (χ0) is 20.9. The second kappa shape index (κ2) is 7.55. The summed E-state index contributed by atoms with van der Waals surface area (Å²) < 4.78 is 111. The van der Waals surface area contributed by atoms with Gasteiger partial charge in [-0.25, -0.2) is 35.1 Å². The van der Waals surface area contributed by atoms with E-state index in [1.165, 1.54) is 12.2 Å². The Morgan fingerprint density at radius 3 is 1.57 bits per heavy atom. The smallest absolute Gasteiger partial charge is 0.200 e. The largest absolute Gasteiger partial charge is 0.205 e. The van der Waals surface area contributed by atoms with E-state index in [0.717, 1.165) is 0 Å². The minimum atomic E-state index is -2.31. The molecular formula is C18H8Cl2F8. The van der Waals surface area contributed by atoms with Crippen molar-refractivity contribution in [2.45, 2.75) is 24.7 Å². The summed E-state index contributed by atoms with van der Waals surface area (Å²) in [5.74, 6) is -17.6. The van der Waals surface area contributed by atoms with Gasteiger partial charge in [-0.1, -0.05) is 35.4 Å². The van der Waals surface area contributed by atoms with Gasteiger partial charge in [-0.2, -0.15) is 0 Å². The molecule has 0 saturated heterocycles. The molecule has 1 aliphatic carbocycles. The van der Waals surface area contributed by atoms with Gasteiger partial charge in [0, 0.05) is 17.0 Å².